The van der Waals surface area contributed by atoms with Crippen molar-refractivity contribution in [3.05, 3.63) is 54.5 Å². The van der Waals surface area contributed by atoms with Crippen LogP contribution >= 0.6 is 0 Å². The second-order valence-electron chi connectivity index (χ2n) is 7.05. The average molecular weight is 407 g/mol. The Morgan fingerprint density at radius 2 is 2.00 bits per heavy atom. The van der Waals surface area contributed by atoms with E-state index in [9.17, 15) is 9.18 Å². The van der Waals surface area contributed by atoms with Gasteiger partial charge in [0.15, 0.2) is 5.82 Å². The lowest BCUT2D eigenvalue weighted by Crippen LogP contribution is -2.51. The number of alkyl halides is 1. The van der Waals surface area contributed by atoms with Crippen LogP contribution in [0.25, 0.3) is 22.2 Å². The Bertz CT molecular complexity index is 1320. The quantitative estimate of drug-likeness (QED) is 0.438. The Kier molecular flexibility index (Phi) is 3.72. The molecule has 4 aromatic rings. The number of nitrogens with two attached hydrogens (primary N) is 1. The van der Waals surface area contributed by atoms with Gasteiger partial charge in [-0.3, -0.25) is 14.8 Å². The van der Waals surface area contributed by atoms with Crippen LogP contribution in [0.5, 0.6) is 0 Å². The molecule has 30 heavy (non-hydrogen) atoms. The first-order chi connectivity index (χ1) is 14.3. The maximum Gasteiger partial charge on any atom is 0.289 e. The van der Waals surface area contributed by atoms with Crippen LogP contribution in [-0.4, -0.2) is 31.9 Å². The lowest BCUT2D eigenvalue weighted by Gasteiger charge is -2.37. The molecule has 1 aliphatic heterocycles. The van der Waals surface area contributed by atoms with Crippen LogP contribution in [-0.2, 0) is 4.79 Å². The summed E-state index contributed by atoms with van der Waals surface area (Å²) in [6.07, 6.45) is 1.64. The van der Waals surface area contributed by atoms with Crippen molar-refractivity contribution in [2.24, 2.45) is 0 Å². The molecule has 1 amide bonds. The number of carbonyl (C=O) groups excluding carboxylic acids is 1. The molecular weight excluding hydrogens is 392 g/mol. The summed E-state index contributed by atoms with van der Waals surface area (Å²) >= 11 is 0. The van der Waals surface area contributed by atoms with E-state index in [4.69, 9.17) is 5.73 Å². The van der Waals surface area contributed by atoms with Crippen molar-refractivity contribution in [3.8, 4) is 11.3 Å². The molecule has 2 aromatic heterocycles. The van der Waals surface area contributed by atoms with Crippen molar-refractivity contribution in [3.63, 3.8) is 0 Å². The number of carbonyl (C=O) groups is 1. The van der Waals surface area contributed by atoms with Gasteiger partial charge in [0.2, 0.25) is 5.95 Å². The highest BCUT2D eigenvalue weighted by molar-refractivity contribution is 6.13. The highest BCUT2D eigenvalue weighted by Crippen LogP contribution is 2.45. The average Bonchev–Trinajstić information content (AvgIpc) is 3.16. The topological polar surface area (TPSA) is 113 Å². The normalized spacial score (nSPS) is 18.4. The van der Waals surface area contributed by atoms with E-state index < -0.39 is 17.5 Å². The van der Waals surface area contributed by atoms with E-state index in [1.165, 1.54) is 18.2 Å². The molecule has 1 unspecified atom stereocenters. The number of aromatic amines is 1. The van der Waals surface area contributed by atoms with Gasteiger partial charge >= 0.3 is 0 Å². The molecule has 0 saturated carbocycles. The fourth-order valence-corrected chi connectivity index (χ4v) is 3.51. The fourth-order valence-electron chi connectivity index (χ4n) is 3.51. The maximum atomic E-state index is 15.1. The van der Waals surface area contributed by atoms with Crippen LogP contribution in [0.2, 0.25) is 0 Å². The zero-order valence-electron chi connectivity index (χ0n) is 15.6. The molecule has 150 valence electrons. The number of benzene rings is 2. The molecule has 3 heterocycles. The number of amides is 1. The Hall–Kier alpha value is -4.08. The minimum absolute atomic E-state index is 0.0265. The molecule has 0 spiro atoms. The third-order valence-corrected chi connectivity index (χ3v) is 4.86. The molecule has 0 saturated heterocycles. The second kappa shape index (κ2) is 6.21. The number of hydrogen-bond donors (Lipinski definition) is 3. The van der Waals surface area contributed by atoms with Crippen LogP contribution in [0.3, 0.4) is 0 Å². The van der Waals surface area contributed by atoms with Crippen LogP contribution in [0.1, 0.15) is 6.92 Å². The monoisotopic (exact) mass is 407 g/mol. The summed E-state index contributed by atoms with van der Waals surface area (Å²) in [5.74, 6) is -4.06. The number of rotatable bonds is 2. The number of nitrogens with zero attached hydrogens (tertiary/aromatic N) is 4. The lowest BCUT2D eigenvalue weighted by atomic mass is 10.0. The summed E-state index contributed by atoms with van der Waals surface area (Å²) in [4.78, 5) is 22.5. The first kappa shape index (κ1) is 18.0. The number of nitrogens with one attached hydrogen (secondary N) is 2. The molecule has 1 aliphatic rings. The number of hydrogen-bond acceptors (Lipinski definition) is 6. The maximum absolute atomic E-state index is 15.1. The zero-order valence-corrected chi connectivity index (χ0v) is 15.6. The largest absolute Gasteiger partial charge is 0.368 e. The van der Waals surface area contributed by atoms with Crippen LogP contribution in [0.4, 0.5) is 31.9 Å². The first-order valence-corrected chi connectivity index (χ1v) is 9.02. The van der Waals surface area contributed by atoms with E-state index >= 15 is 4.39 Å². The van der Waals surface area contributed by atoms with Crippen LogP contribution < -0.4 is 16.0 Å². The van der Waals surface area contributed by atoms with Gasteiger partial charge in [-0.1, -0.05) is 12.1 Å². The van der Waals surface area contributed by atoms with Crippen molar-refractivity contribution < 1.29 is 13.6 Å². The summed E-state index contributed by atoms with van der Waals surface area (Å²) < 4.78 is 29.0. The number of aromatic nitrogens is 4. The third-order valence-electron chi connectivity index (χ3n) is 4.86. The van der Waals surface area contributed by atoms with E-state index in [1.54, 1.807) is 24.4 Å². The Labute approximate surface area is 168 Å². The van der Waals surface area contributed by atoms with Gasteiger partial charge in [0.1, 0.15) is 17.2 Å². The van der Waals surface area contributed by atoms with Crippen molar-refractivity contribution in [1.82, 2.24) is 20.2 Å². The summed E-state index contributed by atoms with van der Waals surface area (Å²) in [5, 5.41) is 10.1. The molecular formula is C20H15F2N7O. The molecule has 4 N–H and O–H groups in total. The standard InChI is InChI=1S/C20H15F2N7O/c1-20(22)18(30)29(13-4-2-3-12(21)8-13)16-15(25-19(23)26-17(16)27-20)10-5-6-14-11(7-10)9-24-28-14/h2-9H,1H3,(H,24,28)(H3,23,25,26,27). The highest BCUT2D eigenvalue weighted by Gasteiger charge is 2.46. The molecule has 0 radical (unpaired) electrons. The lowest BCUT2D eigenvalue weighted by molar-refractivity contribution is -0.127. The summed E-state index contributed by atoms with van der Waals surface area (Å²) in [6.45, 7) is 1.07. The van der Waals surface area contributed by atoms with Crippen molar-refractivity contribution >= 4 is 40.0 Å². The van der Waals surface area contributed by atoms with E-state index in [1.807, 2.05) is 0 Å². The predicted octanol–water partition coefficient (Wildman–Crippen LogP) is 3.52. The number of H-pyrrole nitrogens is 1. The van der Waals surface area contributed by atoms with E-state index in [2.05, 4.69) is 25.5 Å². The summed E-state index contributed by atoms with van der Waals surface area (Å²) in [6, 6.07) is 10.7. The van der Waals surface area contributed by atoms with E-state index in [0.717, 1.165) is 28.8 Å². The molecule has 10 heteroatoms. The molecule has 1 atom stereocenters. The number of anilines is 4. The van der Waals surface area contributed by atoms with Gasteiger partial charge in [-0.2, -0.15) is 10.1 Å². The molecule has 0 fully saturated rings. The number of halogens is 2. The summed E-state index contributed by atoms with van der Waals surface area (Å²) in [7, 11) is 0. The number of nitrogen functional groups attached to an aromatic ring is 1. The molecule has 0 aliphatic carbocycles. The highest BCUT2D eigenvalue weighted by atomic mass is 19.1. The minimum Gasteiger partial charge on any atom is -0.368 e. The van der Waals surface area contributed by atoms with Gasteiger partial charge in [-0.15, -0.1) is 0 Å². The molecule has 8 nitrogen and oxygen atoms in total. The Balaban J connectivity index is 1.81. The van der Waals surface area contributed by atoms with Gasteiger partial charge in [-0.05, 0) is 37.3 Å². The molecule has 2 aromatic carbocycles. The van der Waals surface area contributed by atoms with Gasteiger partial charge in [0.25, 0.3) is 11.7 Å². The SMILES string of the molecule is CC1(F)Nc2nc(N)nc(-c3ccc4[nH]ncc4c3)c2N(c2cccc(F)c2)C1=O. The van der Waals surface area contributed by atoms with Crippen molar-refractivity contribution in [1.29, 1.82) is 0 Å². The van der Waals surface area contributed by atoms with Crippen molar-refractivity contribution in [2.75, 3.05) is 16.0 Å². The van der Waals surface area contributed by atoms with Crippen molar-refractivity contribution in [2.45, 2.75) is 12.7 Å². The fraction of sp³-hybridized carbons (Fsp3) is 0.100. The first-order valence-electron chi connectivity index (χ1n) is 9.02. The predicted molar refractivity (Wildman–Crippen MR) is 108 cm³/mol. The summed E-state index contributed by atoms with van der Waals surface area (Å²) in [5.41, 5.74) is 7.90. The van der Waals surface area contributed by atoms with Gasteiger partial charge in [-0.25, -0.2) is 13.8 Å². The third kappa shape index (κ3) is 2.72. The van der Waals surface area contributed by atoms with E-state index in [0.29, 0.717) is 11.3 Å². The van der Waals surface area contributed by atoms with Crippen LogP contribution in [0, 0.1) is 5.82 Å². The van der Waals surface area contributed by atoms with Crippen LogP contribution in [0.15, 0.2) is 48.7 Å². The zero-order chi connectivity index (χ0) is 21.0. The minimum atomic E-state index is -2.48. The number of fused-ring (bicyclic) bond motifs is 2. The van der Waals surface area contributed by atoms with E-state index in [-0.39, 0.29) is 23.1 Å². The van der Waals surface area contributed by atoms with Gasteiger partial charge in [0, 0.05) is 10.9 Å². The Morgan fingerprint density at radius 1 is 1.17 bits per heavy atom. The molecule has 5 rings (SSSR count). The second-order valence-corrected chi connectivity index (χ2v) is 7.05. The van der Waals surface area contributed by atoms with Gasteiger partial charge in [0.05, 0.1) is 17.4 Å². The Morgan fingerprint density at radius 3 is 2.80 bits per heavy atom. The molecule has 0 bridgehead atoms. The van der Waals surface area contributed by atoms with Gasteiger partial charge < -0.3 is 11.1 Å². The smallest absolute Gasteiger partial charge is 0.289 e.